The van der Waals surface area contributed by atoms with Crippen molar-refractivity contribution in [2.45, 2.75) is 6.42 Å². The zero-order valence-electron chi connectivity index (χ0n) is 21.5. The third-order valence-electron chi connectivity index (χ3n) is 4.06. The van der Waals surface area contributed by atoms with E-state index in [1.165, 1.54) is 0 Å². The van der Waals surface area contributed by atoms with Crippen LogP contribution in [0.2, 0.25) is 0 Å². The lowest BCUT2D eigenvalue weighted by molar-refractivity contribution is -0.114. The number of imidazole rings is 1. The van der Waals surface area contributed by atoms with Gasteiger partial charge in [0.25, 0.3) is 0 Å². The van der Waals surface area contributed by atoms with Crippen molar-refractivity contribution in [1.29, 1.82) is 0 Å². The minimum atomic E-state index is -0.746. The third kappa shape index (κ3) is 3.85. The maximum absolute atomic E-state index is 12.8. The molecule has 0 saturated carbocycles. The first-order valence-electron chi connectivity index (χ1n) is 11.7. The summed E-state index contributed by atoms with van der Waals surface area (Å²) in [5.74, 6) is -0.744. The molecule has 0 spiro atoms. The average Bonchev–Trinajstić information content (AvgIpc) is 3.26. The van der Waals surface area contributed by atoms with Crippen LogP contribution in [0, 0.1) is 0 Å². The van der Waals surface area contributed by atoms with Gasteiger partial charge in [-0.05, 0) is 29.1 Å². The Bertz CT molecular complexity index is 1460. The summed E-state index contributed by atoms with van der Waals surface area (Å²) in [5.41, 5.74) is 1.77. The minimum Gasteiger partial charge on any atom is -0.334 e. The summed E-state index contributed by atoms with van der Waals surface area (Å²) < 4.78 is 57.3. The van der Waals surface area contributed by atoms with Crippen molar-refractivity contribution in [2.24, 2.45) is 7.05 Å². The lowest BCUT2D eigenvalue weighted by atomic mass is 10.0. The average molecular weight is 360 g/mol. The Kier molecular flexibility index (Phi) is 2.89. The molecular weight excluding hydrogens is 334 g/mol. The van der Waals surface area contributed by atoms with E-state index in [1.54, 1.807) is 24.8 Å². The van der Waals surface area contributed by atoms with E-state index in [4.69, 9.17) is 9.60 Å². The van der Waals surface area contributed by atoms with Gasteiger partial charge in [-0.15, -0.1) is 0 Å². The van der Waals surface area contributed by atoms with Crippen LogP contribution < -0.4 is 0 Å². The zero-order valence-corrected chi connectivity index (χ0v) is 14.5. The molecule has 0 bridgehead atoms. The molecule has 4 nitrogen and oxygen atoms in total. The summed E-state index contributed by atoms with van der Waals surface area (Å²) in [6.07, 6.45) is 4.80. The van der Waals surface area contributed by atoms with Crippen LogP contribution in [-0.2, 0) is 18.3 Å². The van der Waals surface area contributed by atoms with E-state index in [9.17, 15) is 4.79 Å². The Morgan fingerprint density at radius 3 is 2.81 bits per heavy atom. The smallest absolute Gasteiger partial charge is 0.161 e. The first-order chi connectivity index (χ1) is 16.1. The van der Waals surface area contributed by atoms with Crippen LogP contribution in [0.1, 0.15) is 20.9 Å². The van der Waals surface area contributed by atoms with E-state index in [2.05, 4.69) is 9.97 Å². The second kappa shape index (κ2) is 7.38. The van der Waals surface area contributed by atoms with E-state index in [-0.39, 0.29) is 6.42 Å². The van der Waals surface area contributed by atoms with Gasteiger partial charge in [0.2, 0.25) is 0 Å². The van der Waals surface area contributed by atoms with Crippen LogP contribution in [0.5, 0.6) is 0 Å². The summed E-state index contributed by atoms with van der Waals surface area (Å²) in [4.78, 5) is 21.2. The Labute approximate surface area is 167 Å². The van der Waals surface area contributed by atoms with Crippen molar-refractivity contribution in [3.63, 3.8) is 0 Å². The van der Waals surface area contributed by atoms with Crippen LogP contribution >= 0.6 is 0 Å². The fraction of sp³-hybridized carbons (Fsp3) is 0.0870. The predicted octanol–water partition coefficient (Wildman–Crippen LogP) is 4.46. The van der Waals surface area contributed by atoms with Crippen LogP contribution in [0.15, 0.2) is 79.3 Å². The van der Waals surface area contributed by atoms with E-state index in [0.717, 1.165) is 22.0 Å². The van der Waals surface area contributed by atoms with Gasteiger partial charge < -0.3 is 4.57 Å². The van der Waals surface area contributed by atoms with E-state index in [1.807, 2.05) is 29.8 Å². The monoisotopic (exact) mass is 360 g/mol. The molecule has 0 saturated heterocycles. The number of carbonyl (C=O) groups is 1. The lowest BCUT2D eigenvalue weighted by Gasteiger charge is -2.06. The molecule has 2 heterocycles. The SMILES string of the molecule is [2H]/C(C(=O)Cc1cc2cc(-c3cncn3C)ccc2cn1)=C(/[2H])c1c([2H])c([2H])c([2H])c([2H])c1[2H]. The number of rotatable bonds is 5. The van der Waals surface area contributed by atoms with Gasteiger partial charge in [-0.1, -0.05) is 48.4 Å². The molecule has 132 valence electrons. The number of pyridine rings is 1. The Hall–Kier alpha value is -3.53. The number of allylic oxidation sites excluding steroid dienone is 1. The van der Waals surface area contributed by atoms with Crippen LogP contribution in [0.3, 0.4) is 0 Å². The van der Waals surface area contributed by atoms with Gasteiger partial charge in [-0.2, -0.15) is 0 Å². The molecule has 0 unspecified atom stereocenters. The number of ketones is 1. The minimum absolute atomic E-state index is 0.272. The maximum Gasteiger partial charge on any atom is 0.161 e. The molecule has 0 N–H and O–H groups in total. The van der Waals surface area contributed by atoms with E-state index < -0.39 is 53.7 Å². The number of carbonyl (C=O) groups excluding carboxylic acids is 1. The second-order valence-electron chi connectivity index (χ2n) is 5.98. The quantitative estimate of drug-likeness (QED) is 0.494. The number of nitrogens with zero attached hydrogens (tertiary/aromatic N) is 3. The summed E-state index contributed by atoms with van der Waals surface area (Å²) >= 11 is 0. The summed E-state index contributed by atoms with van der Waals surface area (Å²) in [5, 5.41) is 1.70. The van der Waals surface area contributed by atoms with Crippen LogP contribution in [0.4, 0.5) is 0 Å². The second-order valence-corrected chi connectivity index (χ2v) is 5.98. The van der Waals surface area contributed by atoms with Crippen LogP contribution in [0.25, 0.3) is 28.1 Å². The number of benzene rings is 2. The number of hydrogen-bond acceptors (Lipinski definition) is 3. The third-order valence-corrected chi connectivity index (χ3v) is 4.06. The first kappa shape index (κ1) is 10.6. The Morgan fingerprint density at radius 1 is 1.19 bits per heavy atom. The molecule has 2 aromatic heterocycles. The highest BCUT2D eigenvalue weighted by Crippen LogP contribution is 2.24. The predicted molar refractivity (Wildman–Crippen MR) is 108 cm³/mol. The standard InChI is InChI=1S/C23H19N3O/c1-26-16-24-15-23(26)18-8-9-19-14-25-21(12-20(19)11-18)13-22(27)10-7-17-5-3-2-4-6-17/h2-12,14-16H,13H2,1H3/b10-7+/i2D,3D,4D,5D,6D,7D,10D. The molecule has 0 radical (unpaired) electrons. The van der Waals surface area contributed by atoms with Crippen molar-refractivity contribution in [3.8, 4) is 11.3 Å². The molecule has 0 aliphatic carbocycles. The number of aryl methyl sites for hydroxylation is 1. The first-order valence-corrected chi connectivity index (χ1v) is 8.23. The fourth-order valence-corrected chi connectivity index (χ4v) is 2.73. The number of fused-ring (bicyclic) bond motifs is 1. The van der Waals surface area contributed by atoms with Crippen molar-refractivity contribution in [3.05, 3.63) is 90.5 Å². The molecule has 2 aromatic carbocycles. The van der Waals surface area contributed by atoms with Crippen molar-refractivity contribution >= 4 is 22.6 Å². The van der Waals surface area contributed by atoms with Gasteiger partial charge in [0.1, 0.15) is 0 Å². The molecule has 0 aliphatic rings. The molecule has 0 fully saturated rings. The highest BCUT2D eigenvalue weighted by Gasteiger charge is 2.06. The molecule has 0 amide bonds. The fourth-order valence-electron chi connectivity index (χ4n) is 2.73. The molecule has 27 heavy (non-hydrogen) atoms. The molecule has 4 aromatic rings. The number of aromatic nitrogens is 3. The molecule has 0 aliphatic heterocycles. The Morgan fingerprint density at radius 2 is 2.04 bits per heavy atom. The molecule has 0 atom stereocenters. The summed E-state index contributed by atoms with van der Waals surface area (Å²) in [7, 11) is 1.89. The highest BCUT2D eigenvalue weighted by molar-refractivity contribution is 5.95. The van der Waals surface area contributed by atoms with E-state index in [0.29, 0.717) is 5.69 Å². The normalized spacial score (nSPS) is 15.7. The summed E-state index contributed by atoms with van der Waals surface area (Å²) in [6, 6.07) is 2.97. The summed E-state index contributed by atoms with van der Waals surface area (Å²) in [6.45, 7) is 0. The topological polar surface area (TPSA) is 47.8 Å². The largest absolute Gasteiger partial charge is 0.334 e. The maximum atomic E-state index is 12.8. The van der Waals surface area contributed by atoms with E-state index >= 15 is 0 Å². The van der Waals surface area contributed by atoms with Gasteiger partial charge in [0.05, 0.1) is 34.2 Å². The Balaban J connectivity index is 1.68. The van der Waals surface area contributed by atoms with Gasteiger partial charge in [-0.25, -0.2) is 4.98 Å². The van der Waals surface area contributed by atoms with Crippen LogP contribution in [-0.4, -0.2) is 20.3 Å². The van der Waals surface area contributed by atoms with Gasteiger partial charge in [0, 0.05) is 29.9 Å². The zero-order chi connectivity index (χ0) is 24.7. The lowest BCUT2D eigenvalue weighted by Crippen LogP contribution is -2.00. The van der Waals surface area contributed by atoms with Crippen molar-refractivity contribution < 1.29 is 14.4 Å². The molecule has 4 rings (SSSR count). The van der Waals surface area contributed by atoms with Gasteiger partial charge in [0.15, 0.2) is 5.78 Å². The molecular formula is C23H19N3O. The van der Waals surface area contributed by atoms with Gasteiger partial charge >= 0.3 is 0 Å². The molecule has 4 heteroatoms. The van der Waals surface area contributed by atoms with Gasteiger partial charge in [-0.3, -0.25) is 9.78 Å². The highest BCUT2D eigenvalue weighted by atomic mass is 16.1. The van der Waals surface area contributed by atoms with Crippen molar-refractivity contribution in [1.82, 2.24) is 14.5 Å². The number of hydrogen-bond donors (Lipinski definition) is 0. The van der Waals surface area contributed by atoms with Crippen molar-refractivity contribution in [2.75, 3.05) is 0 Å².